The van der Waals surface area contributed by atoms with Gasteiger partial charge in [0.25, 0.3) is 10.0 Å². The van der Waals surface area contributed by atoms with Crippen LogP contribution in [0.3, 0.4) is 0 Å². The Balaban J connectivity index is 2.44. The summed E-state index contributed by atoms with van der Waals surface area (Å²) >= 11 is 0. The highest BCUT2D eigenvalue weighted by Gasteiger charge is 2.21. The predicted octanol–water partition coefficient (Wildman–Crippen LogP) is 2.03. The fourth-order valence-electron chi connectivity index (χ4n) is 1.48. The molecule has 0 bridgehead atoms. The molecule has 2 aromatic rings. The normalized spacial score (nSPS) is 10.8. The van der Waals surface area contributed by atoms with Crippen LogP contribution in [0.15, 0.2) is 41.4 Å². The van der Waals surface area contributed by atoms with Gasteiger partial charge >= 0.3 is 0 Å². The van der Waals surface area contributed by atoms with Gasteiger partial charge in [-0.3, -0.25) is 4.72 Å². The molecule has 0 saturated carbocycles. The van der Waals surface area contributed by atoms with Gasteiger partial charge < -0.3 is 0 Å². The van der Waals surface area contributed by atoms with Gasteiger partial charge in [-0.25, -0.2) is 17.8 Å². The van der Waals surface area contributed by atoms with Crippen molar-refractivity contribution in [3.8, 4) is 6.07 Å². The Bertz CT molecular complexity index is 783. The van der Waals surface area contributed by atoms with E-state index in [1.165, 1.54) is 12.1 Å². The second kappa shape index (κ2) is 5.22. The molecule has 0 spiro atoms. The fraction of sp³-hybridized carbons (Fsp3) is 0. The van der Waals surface area contributed by atoms with Crippen LogP contribution in [0.1, 0.15) is 5.56 Å². The Labute approximate surface area is 113 Å². The van der Waals surface area contributed by atoms with Crippen molar-refractivity contribution >= 4 is 15.7 Å². The smallest absolute Gasteiger partial charge is 0.263 e. The summed E-state index contributed by atoms with van der Waals surface area (Å²) in [7, 11) is -4.17. The summed E-state index contributed by atoms with van der Waals surface area (Å²) in [6.45, 7) is 0. The number of pyridine rings is 1. The maximum absolute atomic E-state index is 13.4. The molecule has 1 aromatic heterocycles. The second-order valence-electron chi connectivity index (χ2n) is 3.70. The summed E-state index contributed by atoms with van der Waals surface area (Å²) in [4.78, 5) is 2.79. The van der Waals surface area contributed by atoms with E-state index in [0.29, 0.717) is 0 Å². The Morgan fingerprint density at radius 3 is 2.55 bits per heavy atom. The van der Waals surface area contributed by atoms with E-state index in [-0.39, 0.29) is 5.69 Å². The molecule has 5 nitrogen and oxygen atoms in total. The first-order valence-corrected chi connectivity index (χ1v) is 6.75. The summed E-state index contributed by atoms with van der Waals surface area (Å²) in [6, 6.07) is 6.88. The monoisotopic (exact) mass is 295 g/mol. The maximum Gasteiger partial charge on any atom is 0.263 e. The van der Waals surface area contributed by atoms with E-state index < -0.39 is 32.2 Å². The molecule has 0 radical (unpaired) electrons. The summed E-state index contributed by atoms with van der Waals surface area (Å²) < 4.78 is 52.3. The molecule has 0 saturated heterocycles. The molecule has 102 valence electrons. The molecule has 0 atom stereocenters. The van der Waals surface area contributed by atoms with Crippen molar-refractivity contribution < 1.29 is 17.2 Å². The third-order valence-corrected chi connectivity index (χ3v) is 3.78. The standard InChI is InChI=1S/C12H7F2N3O2S/c13-10-2-1-3-11(9(10)6-15)20(18,19)17-8-4-5-12(14)16-7-8/h1-5,7,17H. The Morgan fingerprint density at radius 1 is 1.20 bits per heavy atom. The molecule has 0 fully saturated rings. The van der Waals surface area contributed by atoms with Crippen molar-refractivity contribution in [2.45, 2.75) is 4.90 Å². The summed E-state index contributed by atoms with van der Waals surface area (Å²) in [5, 5.41) is 8.82. The fourth-order valence-corrected chi connectivity index (χ4v) is 2.69. The largest absolute Gasteiger partial charge is 0.278 e. The van der Waals surface area contributed by atoms with Gasteiger partial charge in [0.2, 0.25) is 5.95 Å². The molecule has 20 heavy (non-hydrogen) atoms. The number of hydrogen-bond donors (Lipinski definition) is 1. The number of nitrogens with one attached hydrogen (secondary N) is 1. The molecule has 1 N–H and O–H groups in total. The van der Waals surface area contributed by atoms with Crippen LogP contribution >= 0.6 is 0 Å². The molecule has 2 rings (SSSR count). The molecule has 8 heteroatoms. The predicted molar refractivity (Wildman–Crippen MR) is 66.1 cm³/mol. The number of rotatable bonds is 3. The van der Waals surface area contributed by atoms with Gasteiger partial charge in [0.05, 0.1) is 11.9 Å². The number of halogens is 2. The number of hydrogen-bond acceptors (Lipinski definition) is 4. The minimum atomic E-state index is -4.17. The first-order valence-electron chi connectivity index (χ1n) is 5.27. The van der Waals surface area contributed by atoms with E-state index in [2.05, 4.69) is 9.71 Å². The molecular weight excluding hydrogens is 288 g/mol. The van der Waals surface area contributed by atoms with E-state index in [0.717, 1.165) is 30.5 Å². The Hall–Kier alpha value is -2.53. The van der Waals surface area contributed by atoms with Crippen LogP contribution in [0.25, 0.3) is 0 Å². The number of sulfonamides is 1. The van der Waals surface area contributed by atoms with Crippen molar-refractivity contribution in [3.05, 3.63) is 53.9 Å². The minimum Gasteiger partial charge on any atom is -0.278 e. The topological polar surface area (TPSA) is 82.8 Å². The van der Waals surface area contributed by atoms with Crippen LogP contribution in [0.2, 0.25) is 0 Å². The van der Waals surface area contributed by atoms with Crippen LogP contribution in [0.4, 0.5) is 14.5 Å². The molecular formula is C12H7F2N3O2S. The Kier molecular flexibility index (Phi) is 3.63. The van der Waals surface area contributed by atoms with E-state index >= 15 is 0 Å². The molecule has 1 aromatic carbocycles. The van der Waals surface area contributed by atoms with Crippen LogP contribution in [-0.2, 0) is 10.0 Å². The highest BCUT2D eigenvalue weighted by Crippen LogP contribution is 2.21. The van der Waals surface area contributed by atoms with Gasteiger partial charge in [-0.1, -0.05) is 6.07 Å². The lowest BCUT2D eigenvalue weighted by atomic mass is 10.2. The van der Waals surface area contributed by atoms with Crippen molar-refractivity contribution in [2.24, 2.45) is 0 Å². The maximum atomic E-state index is 13.4. The van der Waals surface area contributed by atoms with Crippen LogP contribution in [0, 0.1) is 23.1 Å². The highest BCUT2D eigenvalue weighted by molar-refractivity contribution is 7.92. The van der Waals surface area contributed by atoms with E-state index in [9.17, 15) is 17.2 Å². The van der Waals surface area contributed by atoms with E-state index in [4.69, 9.17) is 5.26 Å². The lowest BCUT2D eigenvalue weighted by Crippen LogP contribution is -2.15. The van der Waals surface area contributed by atoms with Crippen LogP contribution in [-0.4, -0.2) is 13.4 Å². The SMILES string of the molecule is N#Cc1c(F)cccc1S(=O)(=O)Nc1ccc(F)nc1. The van der Waals surface area contributed by atoms with Crippen molar-refractivity contribution in [1.29, 1.82) is 5.26 Å². The third kappa shape index (κ3) is 2.73. The zero-order chi connectivity index (χ0) is 14.8. The average molecular weight is 295 g/mol. The summed E-state index contributed by atoms with van der Waals surface area (Å²) in [5.74, 6) is -1.70. The van der Waals surface area contributed by atoms with Gasteiger partial charge in [-0.15, -0.1) is 0 Å². The number of nitriles is 1. The van der Waals surface area contributed by atoms with E-state index in [1.807, 2.05) is 0 Å². The Morgan fingerprint density at radius 2 is 1.95 bits per heavy atom. The van der Waals surface area contributed by atoms with Crippen LogP contribution < -0.4 is 4.72 Å². The lowest BCUT2D eigenvalue weighted by molar-refractivity contribution is 0.583. The van der Waals surface area contributed by atoms with Crippen molar-refractivity contribution in [1.82, 2.24) is 4.98 Å². The minimum absolute atomic E-state index is 0.000416. The van der Waals surface area contributed by atoms with Crippen molar-refractivity contribution in [2.75, 3.05) is 4.72 Å². The molecule has 0 unspecified atom stereocenters. The lowest BCUT2D eigenvalue weighted by Gasteiger charge is -2.09. The van der Waals surface area contributed by atoms with Gasteiger partial charge in [-0.05, 0) is 24.3 Å². The first kappa shape index (κ1) is 13.9. The van der Waals surface area contributed by atoms with Gasteiger partial charge in [0, 0.05) is 0 Å². The highest BCUT2D eigenvalue weighted by atomic mass is 32.2. The second-order valence-corrected chi connectivity index (χ2v) is 5.35. The third-order valence-electron chi connectivity index (χ3n) is 2.36. The summed E-state index contributed by atoms with van der Waals surface area (Å²) in [5.41, 5.74) is -0.588. The number of aromatic nitrogens is 1. The molecule has 0 aliphatic rings. The van der Waals surface area contributed by atoms with Crippen molar-refractivity contribution in [3.63, 3.8) is 0 Å². The number of nitrogens with zero attached hydrogens (tertiary/aromatic N) is 2. The van der Waals surface area contributed by atoms with Crippen LogP contribution in [0.5, 0.6) is 0 Å². The number of anilines is 1. The first-order chi connectivity index (χ1) is 9.44. The van der Waals surface area contributed by atoms with Gasteiger partial charge in [0.1, 0.15) is 22.3 Å². The van der Waals surface area contributed by atoms with Gasteiger partial charge in [0.15, 0.2) is 0 Å². The average Bonchev–Trinajstić information content (AvgIpc) is 2.41. The zero-order valence-electron chi connectivity index (χ0n) is 9.84. The quantitative estimate of drug-likeness (QED) is 0.878. The molecule has 0 aliphatic heterocycles. The van der Waals surface area contributed by atoms with Gasteiger partial charge in [-0.2, -0.15) is 9.65 Å². The molecule has 0 amide bonds. The molecule has 1 heterocycles. The van der Waals surface area contributed by atoms with E-state index in [1.54, 1.807) is 0 Å². The number of benzene rings is 1. The summed E-state index contributed by atoms with van der Waals surface area (Å²) in [6.07, 6.45) is 0.970. The zero-order valence-corrected chi connectivity index (χ0v) is 10.7. The molecule has 0 aliphatic carbocycles.